The van der Waals surface area contributed by atoms with Crippen molar-refractivity contribution in [2.75, 3.05) is 17.2 Å². The SMILES string of the molecule is CCOC(=O)c1c(N2C(=O)CC(Sc3cccc(N)c3)C2=O)sc2c1CCC(c1ccccc1)C2. The van der Waals surface area contributed by atoms with Gasteiger partial charge in [-0.2, -0.15) is 0 Å². The predicted octanol–water partition coefficient (Wildman–Crippen LogP) is 5.20. The Kier molecular flexibility index (Phi) is 6.67. The van der Waals surface area contributed by atoms with Crippen molar-refractivity contribution in [3.63, 3.8) is 0 Å². The summed E-state index contributed by atoms with van der Waals surface area (Å²) in [5.41, 5.74) is 9.05. The molecule has 0 saturated carbocycles. The third kappa shape index (κ3) is 4.60. The lowest BCUT2D eigenvalue weighted by Crippen LogP contribution is -2.32. The number of thiophene rings is 1. The van der Waals surface area contributed by atoms with Gasteiger partial charge in [0.05, 0.1) is 17.4 Å². The Balaban J connectivity index is 1.48. The van der Waals surface area contributed by atoms with Gasteiger partial charge in [0, 0.05) is 21.9 Å². The molecular weight excluding hydrogens is 480 g/mol. The molecule has 2 N–H and O–H groups in total. The van der Waals surface area contributed by atoms with Gasteiger partial charge >= 0.3 is 5.97 Å². The first-order chi connectivity index (χ1) is 17.0. The molecule has 1 saturated heterocycles. The fraction of sp³-hybridized carbons (Fsp3) is 0.296. The van der Waals surface area contributed by atoms with E-state index in [4.69, 9.17) is 10.5 Å². The molecule has 0 radical (unpaired) electrons. The van der Waals surface area contributed by atoms with Crippen molar-refractivity contribution in [2.24, 2.45) is 0 Å². The Morgan fingerprint density at radius 2 is 1.94 bits per heavy atom. The van der Waals surface area contributed by atoms with E-state index in [1.807, 2.05) is 30.3 Å². The first kappa shape index (κ1) is 23.6. The van der Waals surface area contributed by atoms with E-state index in [9.17, 15) is 14.4 Å². The largest absolute Gasteiger partial charge is 0.462 e. The second kappa shape index (κ2) is 9.87. The molecule has 35 heavy (non-hydrogen) atoms. The van der Waals surface area contributed by atoms with Crippen LogP contribution in [-0.2, 0) is 27.2 Å². The van der Waals surface area contributed by atoms with Crippen molar-refractivity contribution < 1.29 is 19.1 Å². The average Bonchev–Trinajstić information content (AvgIpc) is 3.35. The van der Waals surface area contributed by atoms with Crippen LogP contribution >= 0.6 is 23.1 Å². The second-order valence-electron chi connectivity index (χ2n) is 8.71. The predicted molar refractivity (Wildman–Crippen MR) is 139 cm³/mol. The monoisotopic (exact) mass is 506 g/mol. The molecule has 8 heteroatoms. The average molecular weight is 507 g/mol. The van der Waals surface area contributed by atoms with Crippen molar-refractivity contribution in [3.8, 4) is 0 Å². The highest BCUT2D eigenvalue weighted by molar-refractivity contribution is 8.00. The van der Waals surface area contributed by atoms with Crippen LogP contribution in [0.3, 0.4) is 0 Å². The minimum absolute atomic E-state index is 0.0791. The topological polar surface area (TPSA) is 89.7 Å². The van der Waals surface area contributed by atoms with Gasteiger partial charge in [-0.15, -0.1) is 23.1 Å². The van der Waals surface area contributed by atoms with Crippen LogP contribution in [0.25, 0.3) is 0 Å². The lowest BCUT2D eigenvalue weighted by Gasteiger charge is -2.23. The standard InChI is InChI=1S/C27H26N2O4S2/c1-2-33-27(32)24-20-12-11-17(16-7-4-3-5-8-16)13-21(20)35-26(24)29-23(30)15-22(25(29)31)34-19-10-6-9-18(28)14-19/h3-10,14,17,22H,2,11-13,15,28H2,1H3. The minimum atomic E-state index is -0.560. The fourth-order valence-electron chi connectivity index (χ4n) is 4.81. The minimum Gasteiger partial charge on any atom is -0.462 e. The van der Waals surface area contributed by atoms with E-state index in [1.54, 1.807) is 19.1 Å². The van der Waals surface area contributed by atoms with Crippen LogP contribution in [0.5, 0.6) is 0 Å². The van der Waals surface area contributed by atoms with E-state index in [0.29, 0.717) is 28.6 Å². The molecule has 2 aliphatic rings. The number of esters is 1. The quantitative estimate of drug-likeness (QED) is 0.281. The van der Waals surface area contributed by atoms with Crippen LogP contribution in [0, 0.1) is 0 Å². The number of imide groups is 1. The number of nitrogen functional groups attached to an aromatic ring is 1. The number of anilines is 2. The number of hydrogen-bond donors (Lipinski definition) is 1. The molecule has 1 aromatic heterocycles. The third-order valence-electron chi connectivity index (χ3n) is 6.44. The molecule has 5 rings (SSSR count). The number of benzene rings is 2. The number of thioether (sulfide) groups is 1. The normalized spacial score (nSPS) is 19.6. The van der Waals surface area contributed by atoms with E-state index in [1.165, 1.54) is 33.6 Å². The summed E-state index contributed by atoms with van der Waals surface area (Å²) in [7, 11) is 0. The van der Waals surface area contributed by atoms with Crippen molar-refractivity contribution in [1.82, 2.24) is 0 Å². The number of rotatable bonds is 6. The summed E-state index contributed by atoms with van der Waals surface area (Å²) in [6, 6.07) is 17.6. The van der Waals surface area contributed by atoms with E-state index < -0.39 is 11.2 Å². The van der Waals surface area contributed by atoms with Crippen LogP contribution in [0.2, 0.25) is 0 Å². The number of nitrogens with two attached hydrogens (primary N) is 1. The first-order valence-corrected chi connectivity index (χ1v) is 13.4. The van der Waals surface area contributed by atoms with Gasteiger partial charge < -0.3 is 10.5 Å². The summed E-state index contributed by atoms with van der Waals surface area (Å²) >= 11 is 2.71. The first-order valence-electron chi connectivity index (χ1n) is 11.7. The molecule has 2 atom stereocenters. The van der Waals surface area contributed by atoms with Gasteiger partial charge in [0.2, 0.25) is 11.8 Å². The zero-order chi connectivity index (χ0) is 24.5. The second-order valence-corrected chi connectivity index (χ2v) is 11.1. The lowest BCUT2D eigenvalue weighted by molar-refractivity contribution is -0.121. The third-order valence-corrected chi connectivity index (χ3v) is 8.86. The van der Waals surface area contributed by atoms with Crippen molar-refractivity contribution >= 4 is 51.6 Å². The van der Waals surface area contributed by atoms with E-state index in [-0.39, 0.29) is 24.8 Å². The van der Waals surface area contributed by atoms with Crippen molar-refractivity contribution in [2.45, 2.75) is 48.7 Å². The molecule has 2 unspecified atom stereocenters. The van der Waals surface area contributed by atoms with Gasteiger partial charge in [-0.1, -0.05) is 36.4 Å². The molecule has 3 aromatic rings. The molecule has 0 spiro atoms. The molecule has 180 valence electrons. The van der Waals surface area contributed by atoms with Gasteiger partial charge in [-0.05, 0) is 61.4 Å². The lowest BCUT2D eigenvalue weighted by atomic mass is 9.83. The zero-order valence-corrected chi connectivity index (χ0v) is 21.0. The van der Waals surface area contributed by atoms with Crippen LogP contribution in [-0.4, -0.2) is 29.6 Å². The van der Waals surface area contributed by atoms with Crippen LogP contribution in [0.15, 0.2) is 59.5 Å². The molecule has 1 fully saturated rings. The summed E-state index contributed by atoms with van der Waals surface area (Å²) in [4.78, 5) is 42.7. The summed E-state index contributed by atoms with van der Waals surface area (Å²) in [6.07, 6.45) is 2.45. The maximum atomic E-state index is 13.4. The molecule has 6 nitrogen and oxygen atoms in total. The van der Waals surface area contributed by atoms with E-state index >= 15 is 0 Å². The van der Waals surface area contributed by atoms with Gasteiger partial charge in [-0.3, -0.25) is 9.59 Å². The maximum absolute atomic E-state index is 13.4. The van der Waals surface area contributed by atoms with Crippen LogP contribution in [0.4, 0.5) is 10.7 Å². The van der Waals surface area contributed by atoms with Crippen molar-refractivity contribution in [3.05, 3.63) is 76.2 Å². The van der Waals surface area contributed by atoms with Gasteiger partial charge in [0.15, 0.2) is 0 Å². The smallest absolute Gasteiger partial charge is 0.341 e. The Morgan fingerprint density at radius 3 is 2.69 bits per heavy atom. The molecular formula is C27H26N2O4S2. The van der Waals surface area contributed by atoms with Gasteiger partial charge in [0.25, 0.3) is 0 Å². The number of ether oxygens (including phenoxy) is 1. The summed E-state index contributed by atoms with van der Waals surface area (Å²) < 4.78 is 5.37. The van der Waals surface area contributed by atoms with Gasteiger partial charge in [-0.25, -0.2) is 9.69 Å². The van der Waals surface area contributed by atoms with Gasteiger partial charge in [0.1, 0.15) is 5.00 Å². The van der Waals surface area contributed by atoms with Crippen LogP contribution < -0.4 is 10.6 Å². The van der Waals surface area contributed by atoms with Crippen molar-refractivity contribution in [1.29, 1.82) is 0 Å². The number of carbonyl (C=O) groups excluding carboxylic acids is 3. The zero-order valence-electron chi connectivity index (χ0n) is 19.4. The number of fused-ring (bicyclic) bond motifs is 1. The summed E-state index contributed by atoms with van der Waals surface area (Å²) in [5, 5.41) is -0.150. The highest BCUT2D eigenvalue weighted by atomic mass is 32.2. The molecule has 1 aliphatic carbocycles. The Hall–Kier alpha value is -3.10. The number of carbonyl (C=O) groups is 3. The Labute approximate surface area is 212 Å². The van der Waals surface area contributed by atoms with Crippen LogP contribution in [0.1, 0.15) is 52.0 Å². The molecule has 2 heterocycles. The van der Waals surface area contributed by atoms with E-state index in [2.05, 4.69) is 12.1 Å². The molecule has 2 aromatic carbocycles. The summed E-state index contributed by atoms with van der Waals surface area (Å²) in [6.45, 7) is 1.98. The number of hydrogen-bond acceptors (Lipinski definition) is 7. The number of nitrogens with zero attached hydrogens (tertiary/aromatic N) is 1. The molecule has 1 aliphatic heterocycles. The highest BCUT2D eigenvalue weighted by Crippen LogP contribution is 2.46. The highest BCUT2D eigenvalue weighted by Gasteiger charge is 2.44. The Bertz CT molecular complexity index is 1290. The molecule has 0 bridgehead atoms. The maximum Gasteiger partial charge on any atom is 0.341 e. The fourth-order valence-corrected chi connectivity index (χ4v) is 7.37. The summed E-state index contributed by atoms with van der Waals surface area (Å²) in [5.74, 6) is -0.723. The molecule has 2 amide bonds. The van der Waals surface area contributed by atoms with E-state index in [0.717, 1.165) is 28.2 Å². The Morgan fingerprint density at radius 1 is 1.14 bits per heavy atom. The number of amides is 2.